The van der Waals surface area contributed by atoms with Crippen molar-refractivity contribution < 1.29 is 28.8 Å². The van der Waals surface area contributed by atoms with Crippen LogP contribution in [-0.2, 0) is 11.2 Å². The molecule has 1 N–H and O–H groups in total. The SMILES string of the molecule is CCOc1c(CC(C(=O)O)c2ccc3c(c2)OCO3)cccc1OC. The number of para-hydroxylation sites is 1. The van der Waals surface area contributed by atoms with Gasteiger partial charge < -0.3 is 24.1 Å². The zero-order chi connectivity index (χ0) is 17.8. The molecule has 6 heteroatoms. The topological polar surface area (TPSA) is 74.2 Å². The summed E-state index contributed by atoms with van der Waals surface area (Å²) in [4.78, 5) is 11.9. The molecule has 0 spiro atoms. The highest BCUT2D eigenvalue weighted by Crippen LogP contribution is 2.38. The van der Waals surface area contributed by atoms with E-state index in [1.807, 2.05) is 19.1 Å². The highest BCUT2D eigenvalue weighted by atomic mass is 16.7. The molecule has 3 rings (SSSR count). The first-order valence-corrected chi connectivity index (χ1v) is 8.05. The number of methoxy groups -OCH3 is 1. The van der Waals surface area contributed by atoms with Gasteiger partial charge >= 0.3 is 5.97 Å². The number of carboxylic acids is 1. The number of rotatable bonds is 7. The van der Waals surface area contributed by atoms with E-state index in [0.29, 0.717) is 35.2 Å². The Kier molecular flexibility index (Phi) is 4.97. The first kappa shape index (κ1) is 17.0. The molecule has 0 fully saturated rings. The van der Waals surface area contributed by atoms with Crippen LogP contribution in [0.4, 0.5) is 0 Å². The molecule has 0 amide bonds. The van der Waals surface area contributed by atoms with Gasteiger partial charge in [-0.3, -0.25) is 4.79 Å². The van der Waals surface area contributed by atoms with Crippen molar-refractivity contribution in [1.29, 1.82) is 0 Å². The van der Waals surface area contributed by atoms with E-state index in [1.165, 1.54) is 0 Å². The second kappa shape index (κ2) is 7.34. The molecule has 2 aromatic rings. The summed E-state index contributed by atoms with van der Waals surface area (Å²) >= 11 is 0. The third-order valence-electron chi connectivity index (χ3n) is 4.09. The van der Waals surface area contributed by atoms with Crippen molar-refractivity contribution in [2.75, 3.05) is 20.5 Å². The number of ether oxygens (including phenoxy) is 4. The Balaban J connectivity index is 1.94. The van der Waals surface area contributed by atoms with Crippen LogP contribution in [0.15, 0.2) is 36.4 Å². The number of carboxylic acid groups (broad SMARTS) is 1. The average molecular weight is 344 g/mol. The predicted octanol–water partition coefficient (Wildman–Crippen LogP) is 3.23. The lowest BCUT2D eigenvalue weighted by atomic mass is 9.91. The van der Waals surface area contributed by atoms with Crippen molar-refractivity contribution in [1.82, 2.24) is 0 Å². The highest BCUT2D eigenvalue weighted by Gasteiger charge is 2.25. The van der Waals surface area contributed by atoms with Crippen LogP contribution in [0, 0.1) is 0 Å². The molecule has 2 aromatic carbocycles. The van der Waals surface area contributed by atoms with Gasteiger partial charge in [-0.2, -0.15) is 0 Å². The summed E-state index contributed by atoms with van der Waals surface area (Å²) in [7, 11) is 1.56. The summed E-state index contributed by atoms with van der Waals surface area (Å²) in [6.45, 7) is 2.50. The molecule has 1 atom stereocenters. The molecule has 0 aliphatic carbocycles. The molecule has 0 radical (unpaired) electrons. The van der Waals surface area contributed by atoms with Gasteiger partial charge in [0.1, 0.15) is 0 Å². The van der Waals surface area contributed by atoms with E-state index in [9.17, 15) is 9.90 Å². The lowest BCUT2D eigenvalue weighted by Crippen LogP contribution is -2.15. The Morgan fingerprint density at radius 1 is 1.24 bits per heavy atom. The number of fused-ring (bicyclic) bond motifs is 1. The van der Waals surface area contributed by atoms with Crippen molar-refractivity contribution in [3.63, 3.8) is 0 Å². The molecule has 1 unspecified atom stereocenters. The molecular formula is C19H20O6. The maximum absolute atomic E-state index is 11.9. The van der Waals surface area contributed by atoms with Crippen LogP contribution in [0.2, 0.25) is 0 Å². The van der Waals surface area contributed by atoms with Crippen molar-refractivity contribution in [2.45, 2.75) is 19.3 Å². The Morgan fingerprint density at radius 3 is 2.76 bits per heavy atom. The van der Waals surface area contributed by atoms with Crippen LogP contribution in [-0.4, -0.2) is 31.6 Å². The summed E-state index contributed by atoms with van der Waals surface area (Å²) in [5.41, 5.74) is 1.44. The Labute approximate surface area is 145 Å². The van der Waals surface area contributed by atoms with E-state index < -0.39 is 11.9 Å². The zero-order valence-corrected chi connectivity index (χ0v) is 14.2. The van der Waals surface area contributed by atoms with Crippen LogP contribution in [0.25, 0.3) is 0 Å². The second-order valence-electron chi connectivity index (χ2n) is 5.59. The number of carbonyl (C=O) groups is 1. The number of hydrogen-bond acceptors (Lipinski definition) is 5. The molecule has 132 valence electrons. The van der Waals surface area contributed by atoms with E-state index >= 15 is 0 Å². The fourth-order valence-corrected chi connectivity index (χ4v) is 2.89. The Hall–Kier alpha value is -2.89. The first-order valence-electron chi connectivity index (χ1n) is 8.05. The van der Waals surface area contributed by atoms with Gasteiger partial charge in [-0.15, -0.1) is 0 Å². The molecule has 25 heavy (non-hydrogen) atoms. The van der Waals surface area contributed by atoms with Crippen LogP contribution in [0.5, 0.6) is 23.0 Å². The van der Waals surface area contributed by atoms with Crippen molar-refractivity contribution in [3.8, 4) is 23.0 Å². The van der Waals surface area contributed by atoms with E-state index in [-0.39, 0.29) is 13.2 Å². The molecule has 0 aromatic heterocycles. The minimum Gasteiger partial charge on any atom is -0.493 e. The van der Waals surface area contributed by atoms with Gasteiger partial charge in [-0.25, -0.2) is 0 Å². The van der Waals surface area contributed by atoms with Gasteiger partial charge in [0.25, 0.3) is 0 Å². The van der Waals surface area contributed by atoms with E-state index in [0.717, 1.165) is 5.56 Å². The van der Waals surface area contributed by atoms with E-state index in [2.05, 4.69) is 0 Å². The van der Waals surface area contributed by atoms with Crippen molar-refractivity contribution >= 4 is 5.97 Å². The van der Waals surface area contributed by atoms with Gasteiger partial charge in [0.2, 0.25) is 6.79 Å². The summed E-state index contributed by atoms with van der Waals surface area (Å²) in [5.74, 6) is 0.724. The van der Waals surface area contributed by atoms with Gasteiger partial charge in [0.15, 0.2) is 23.0 Å². The monoisotopic (exact) mass is 344 g/mol. The normalized spacial score (nSPS) is 13.4. The number of aliphatic carboxylic acids is 1. The summed E-state index contributed by atoms with van der Waals surface area (Å²) in [6.07, 6.45) is 0.279. The van der Waals surface area contributed by atoms with Crippen LogP contribution < -0.4 is 18.9 Å². The molecule has 0 saturated carbocycles. The minimum atomic E-state index is -0.913. The van der Waals surface area contributed by atoms with Gasteiger partial charge in [-0.1, -0.05) is 18.2 Å². The Morgan fingerprint density at radius 2 is 2.04 bits per heavy atom. The molecule has 1 aliphatic rings. The molecule has 6 nitrogen and oxygen atoms in total. The van der Waals surface area contributed by atoms with Crippen molar-refractivity contribution in [3.05, 3.63) is 47.5 Å². The smallest absolute Gasteiger partial charge is 0.311 e. The average Bonchev–Trinajstić information content (AvgIpc) is 3.08. The third-order valence-corrected chi connectivity index (χ3v) is 4.09. The lowest BCUT2D eigenvalue weighted by molar-refractivity contribution is -0.138. The molecule has 0 saturated heterocycles. The standard InChI is InChI=1S/C19H20O6/c1-3-23-18-13(5-4-6-16(18)22-2)9-14(19(20)21)12-7-8-15-17(10-12)25-11-24-15/h4-8,10,14H,3,9,11H2,1-2H3,(H,20,21). The maximum atomic E-state index is 11.9. The molecule has 1 heterocycles. The number of hydrogen-bond donors (Lipinski definition) is 1. The Bertz CT molecular complexity index is 771. The zero-order valence-electron chi connectivity index (χ0n) is 14.2. The number of benzene rings is 2. The van der Waals surface area contributed by atoms with E-state index in [4.69, 9.17) is 18.9 Å². The fraction of sp³-hybridized carbons (Fsp3) is 0.316. The van der Waals surface area contributed by atoms with Gasteiger partial charge in [-0.05, 0) is 42.7 Å². The first-order chi connectivity index (χ1) is 12.1. The van der Waals surface area contributed by atoms with Gasteiger partial charge in [0.05, 0.1) is 19.6 Å². The van der Waals surface area contributed by atoms with Crippen molar-refractivity contribution in [2.24, 2.45) is 0 Å². The van der Waals surface area contributed by atoms with E-state index in [1.54, 1.807) is 31.4 Å². The van der Waals surface area contributed by atoms with Crippen LogP contribution >= 0.6 is 0 Å². The van der Waals surface area contributed by atoms with Crippen LogP contribution in [0.3, 0.4) is 0 Å². The lowest BCUT2D eigenvalue weighted by Gasteiger charge is -2.18. The minimum absolute atomic E-state index is 0.154. The summed E-state index contributed by atoms with van der Waals surface area (Å²) in [5, 5.41) is 9.74. The third kappa shape index (κ3) is 3.47. The summed E-state index contributed by atoms with van der Waals surface area (Å²) < 4.78 is 21.7. The largest absolute Gasteiger partial charge is 0.493 e. The van der Waals surface area contributed by atoms with Gasteiger partial charge in [0, 0.05) is 0 Å². The molecular weight excluding hydrogens is 324 g/mol. The summed E-state index contributed by atoms with van der Waals surface area (Å²) in [6, 6.07) is 10.7. The highest BCUT2D eigenvalue weighted by molar-refractivity contribution is 5.77. The predicted molar refractivity (Wildman–Crippen MR) is 90.8 cm³/mol. The molecule has 1 aliphatic heterocycles. The maximum Gasteiger partial charge on any atom is 0.311 e. The van der Waals surface area contributed by atoms with Crippen LogP contribution in [0.1, 0.15) is 24.0 Å². The second-order valence-corrected chi connectivity index (χ2v) is 5.59. The molecule has 0 bridgehead atoms. The quantitative estimate of drug-likeness (QED) is 0.831. The fourth-order valence-electron chi connectivity index (χ4n) is 2.89.